The number of halogens is 1. The molecule has 0 bridgehead atoms. The first-order chi connectivity index (χ1) is 12.1. The lowest BCUT2D eigenvalue weighted by atomic mass is 10.3. The lowest BCUT2D eigenvalue weighted by Crippen LogP contribution is -2.41. The number of aryl methyl sites for hydroxylation is 1. The molecule has 1 aromatic carbocycles. The molecule has 7 nitrogen and oxygen atoms in total. The van der Waals surface area contributed by atoms with E-state index in [1.165, 1.54) is 0 Å². The average molecular weight is 473 g/mol. The Bertz CT molecular complexity index is 672. The summed E-state index contributed by atoms with van der Waals surface area (Å²) in [5, 5.41) is 10.7. The van der Waals surface area contributed by atoms with Gasteiger partial charge in [0.1, 0.15) is 17.6 Å². The van der Waals surface area contributed by atoms with Crippen molar-refractivity contribution in [2.75, 3.05) is 20.2 Å². The van der Waals surface area contributed by atoms with E-state index in [0.717, 1.165) is 29.7 Å². The van der Waals surface area contributed by atoms with Gasteiger partial charge in [-0.1, -0.05) is 0 Å². The molecule has 0 aliphatic carbocycles. The SMILES string of the molecule is CCNC(=NCc1ccnn1C)NCC(C)Oc1ccc(OC)cc1.I. The largest absolute Gasteiger partial charge is 0.497 e. The first kappa shape index (κ1) is 22.1. The lowest BCUT2D eigenvalue weighted by molar-refractivity contribution is 0.223. The van der Waals surface area contributed by atoms with Crippen molar-refractivity contribution >= 4 is 29.9 Å². The van der Waals surface area contributed by atoms with Crippen molar-refractivity contribution in [3.63, 3.8) is 0 Å². The molecule has 0 radical (unpaired) electrons. The summed E-state index contributed by atoms with van der Waals surface area (Å²) in [7, 11) is 3.56. The van der Waals surface area contributed by atoms with E-state index >= 15 is 0 Å². The molecule has 0 fully saturated rings. The van der Waals surface area contributed by atoms with Crippen molar-refractivity contribution in [2.45, 2.75) is 26.5 Å². The van der Waals surface area contributed by atoms with Crippen LogP contribution in [-0.4, -0.2) is 42.0 Å². The van der Waals surface area contributed by atoms with E-state index in [1.54, 1.807) is 13.3 Å². The van der Waals surface area contributed by atoms with Crippen LogP contribution in [0.5, 0.6) is 11.5 Å². The van der Waals surface area contributed by atoms with Gasteiger partial charge in [-0.05, 0) is 44.2 Å². The molecular weight excluding hydrogens is 445 g/mol. The Labute approximate surface area is 172 Å². The van der Waals surface area contributed by atoms with E-state index in [1.807, 2.05) is 55.9 Å². The van der Waals surface area contributed by atoms with Gasteiger partial charge >= 0.3 is 0 Å². The molecule has 0 saturated carbocycles. The van der Waals surface area contributed by atoms with Crippen LogP contribution in [0.3, 0.4) is 0 Å². The summed E-state index contributed by atoms with van der Waals surface area (Å²) >= 11 is 0. The van der Waals surface area contributed by atoms with Crippen molar-refractivity contribution in [1.82, 2.24) is 20.4 Å². The number of hydrogen-bond donors (Lipinski definition) is 2. The van der Waals surface area contributed by atoms with E-state index in [9.17, 15) is 0 Å². The second kappa shape index (κ2) is 11.6. The van der Waals surface area contributed by atoms with E-state index in [2.05, 4.69) is 20.7 Å². The predicted molar refractivity (Wildman–Crippen MR) is 115 cm³/mol. The maximum atomic E-state index is 5.90. The zero-order chi connectivity index (χ0) is 18.1. The second-order valence-corrected chi connectivity index (χ2v) is 5.63. The Hall–Kier alpha value is -1.97. The van der Waals surface area contributed by atoms with Crippen LogP contribution in [0.2, 0.25) is 0 Å². The Morgan fingerprint density at radius 1 is 1.19 bits per heavy atom. The third-order valence-electron chi connectivity index (χ3n) is 3.62. The number of hydrogen-bond acceptors (Lipinski definition) is 4. The number of aliphatic imine (C=N–C) groups is 1. The maximum absolute atomic E-state index is 5.90. The summed E-state index contributed by atoms with van der Waals surface area (Å²) < 4.78 is 12.9. The average Bonchev–Trinajstić information content (AvgIpc) is 3.03. The van der Waals surface area contributed by atoms with Gasteiger partial charge in [0.25, 0.3) is 0 Å². The topological polar surface area (TPSA) is 72.7 Å². The molecule has 2 N–H and O–H groups in total. The van der Waals surface area contributed by atoms with Crippen LogP contribution in [0.1, 0.15) is 19.5 Å². The highest BCUT2D eigenvalue weighted by molar-refractivity contribution is 14.0. The standard InChI is InChI=1S/C18H27N5O2.HI/c1-5-19-18(21-13-15-10-11-22-23(15)3)20-12-14(2)25-17-8-6-16(24-4)7-9-17;/h6-11,14H,5,12-13H2,1-4H3,(H2,19,20,21);1H. The van der Waals surface area contributed by atoms with E-state index in [-0.39, 0.29) is 30.1 Å². The third-order valence-corrected chi connectivity index (χ3v) is 3.62. The Morgan fingerprint density at radius 2 is 1.88 bits per heavy atom. The Morgan fingerprint density at radius 3 is 2.46 bits per heavy atom. The minimum Gasteiger partial charge on any atom is -0.497 e. The van der Waals surface area contributed by atoms with Gasteiger partial charge in [0.15, 0.2) is 5.96 Å². The predicted octanol–water partition coefficient (Wildman–Crippen LogP) is 2.57. The number of nitrogens with one attached hydrogen (secondary N) is 2. The van der Waals surface area contributed by atoms with Crippen LogP contribution in [0, 0.1) is 0 Å². The number of methoxy groups -OCH3 is 1. The molecule has 2 rings (SSSR count). The number of rotatable bonds is 8. The molecule has 1 atom stereocenters. The van der Waals surface area contributed by atoms with Crippen molar-refractivity contribution in [2.24, 2.45) is 12.0 Å². The summed E-state index contributed by atoms with van der Waals surface area (Å²) in [6, 6.07) is 9.53. The lowest BCUT2D eigenvalue weighted by Gasteiger charge is -2.18. The molecule has 1 heterocycles. The fraction of sp³-hybridized carbons (Fsp3) is 0.444. The van der Waals surface area contributed by atoms with Gasteiger partial charge in [-0.2, -0.15) is 5.10 Å². The summed E-state index contributed by atoms with van der Waals surface area (Å²) in [5.41, 5.74) is 1.06. The van der Waals surface area contributed by atoms with E-state index < -0.39 is 0 Å². The van der Waals surface area contributed by atoms with Crippen LogP contribution in [0.25, 0.3) is 0 Å². The molecule has 1 aromatic heterocycles. The zero-order valence-electron chi connectivity index (χ0n) is 15.7. The van der Waals surface area contributed by atoms with Crippen LogP contribution in [-0.2, 0) is 13.6 Å². The van der Waals surface area contributed by atoms with Crippen LogP contribution in [0.15, 0.2) is 41.5 Å². The summed E-state index contributed by atoms with van der Waals surface area (Å²) in [6.45, 7) is 6.06. The van der Waals surface area contributed by atoms with Crippen molar-refractivity contribution < 1.29 is 9.47 Å². The van der Waals surface area contributed by atoms with E-state index in [4.69, 9.17) is 9.47 Å². The molecule has 0 saturated heterocycles. The zero-order valence-corrected chi connectivity index (χ0v) is 18.1. The molecule has 0 aliphatic rings. The highest BCUT2D eigenvalue weighted by Crippen LogP contribution is 2.17. The molecule has 0 spiro atoms. The summed E-state index contributed by atoms with van der Waals surface area (Å²) in [5.74, 6) is 2.38. The van der Waals surface area contributed by atoms with Crippen molar-refractivity contribution in [3.05, 3.63) is 42.2 Å². The highest BCUT2D eigenvalue weighted by Gasteiger charge is 2.06. The number of benzene rings is 1. The van der Waals surface area contributed by atoms with Gasteiger partial charge in [-0.15, -0.1) is 24.0 Å². The molecule has 26 heavy (non-hydrogen) atoms. The molecule has 0 amide bonds. The Kier molecular flexibility index (Phi) is 9.85. The van der Waals surface area contributed by atoms with Crippen LogP contribution >= 0.6 is 24.0 Å². The smallest absolute Gasteiger partial charge is 0.191 e. The van der Waals surface area contributed by atoms with Gasteiger partial charge in [-0.3, -0.25) is 4.68 Å². The first-order valence-corrected chi connectivity index (χ1v) is 8.42. The monoisotopic (exact) mass is 473 g/mol. The molecule has 1 unspecified atom stereocenters. The number of aromatic nitrogens is 2. The van der Waals surface area contributed by atoms with Crippen LogP contribution < -0.4 is 20.1 Å². The highest BCUT2D eigenvalue weighted by atomic mass is 127. The minimum absolute atomic E-state index is 0. The minimum atomic E-state index is -0.00560. The summed E-state index contributed by atoms with van der Waals surface area (Å²) in [4.78, 5) is 4.58. The summed E-state index contributed by atoms with van der Waals surface area (Å²) in [6.07, 6.45) is 1.77. The molecule has 8 heteroatoms. The van der Waals surface area contributed by atoms with Crippen LogP contribution in [0.4, 0.5) is 0 Å². The molecule has 2 aromatic rings. The quantitative estimate of drug-likeness (QED) is 0.351. The number of guanidine groups is 1. The van der Waals surface area contributed by atoms with Crippen molar-refractivity contribution in [1.29, 1.82) is 0 Å². The third kappa shape index (κ3) is 7.11. The van der Waals surface area contributed by atoms with Gasteiger partial charge in [0.2, 0.25) is 0 Å². The first-order valence-electron chi connectivity index (χ1n) is 8.42. The number of ether oxygens (including phenoxy) is 2. The fourth-order valence-electron chi connectivity index (χ4n) is 2.23. The van der Waals surface area contributed by atoms with Gasteiger partial charge in [0.05, 0.1) is 25.9 Å². The van der Waals surface area contributed by atoms with Gasteiger partial charge < -0.3 is 20.1 Å². The number of nitrogens with zero attached hydrogens (tertiary/aromatic N) is 3. The Balaban J connectivity index is 0.00000338. The molecule has 0 aliphatic heterocycles. The van der Waals surface area contributed by atoms with Gasteiger partial charge in [-0.25, -0.2) is 4.99 Å². The van der Waals surface area contributed by atoms with E-state index in [0.29, 0.717) is 13.1 Å². The fourth-order valence-corrected chi connectivity index (χ4v) is 2.23. The molecule has 144 valence electrons. The van der Waals surface area contributed by atoms with Gasteiger partial charge in [0, 0.05) is 19.8 Å². The second-order valence-electron chi connectivity index (χ2n) is 5.63. The molecular formula is C18H28IN5O2. The van der Waals surface area contributed by atoms with Crippen molar-refractivity contribution in [3.8, 4) is 11.5 Å². The maximum Gasteiger partial charge on any atom is 0.191 e. The normalized spacial score (nSPS) is 12.1.